The number of nitrogens with zero attached hydrogens (tertiary/aromatic N) is 3. The molecule has 0 unspecified atom stereocenters. The van der Waals surface area contributed by atoms with E-state index < -0.39 is 10.0 Å². The van der Waals surface area contributed by atoms with Crippen LogP contribution < -0.4 is 14.2 Å². The number of nitriles is 1. The number of halogens is 1. The molecule has 4 rings (SSSR count). The highest BCUT2D eigenvalue weighted by atomic mass is 35.5. The lowest BCUT2D eigenvalue weighted by atomic mass is 10.0. The second-order valence-corrected chi connectivity index (χ2v) is 9.87. The summed E-state index contributed by atoms with van der Waals surface area (Å²) in [4.78, 5) is 8.30. The van der Waals surface area contributed by atoms with E-state index in [4.69, 9.17) is 21.1 Å². The van der Waals surface area contributed by atoms with Gasteiger partial charge in [-0.1, -0.05) is 36.7 Å². The van der Waals surface area contributed by atoms with Crippen LogP contribution in [0.3, 0.4) is 0 Å². The number of ether oxygens (including phenoxy) is 2. The standard InChI is InChI=1S/C25H21ClN4O4S/c1-3-10-33-24-18(14-27)12-21(13-22(24)26)34-20-7-4-16(5-8-20)17-6-9-23-19(11-17)15-28-25(29-23)30-35(2,31)32/h4-9,11-13,15H,3,10H2,1-2H3,(H,28,29,30). The second kappa shape index (κ2) is 10.2. The van der Waals surface area contributed by atoms with Crippen molar-refractivity contribution in [2.24, 2.45) is 0 Å². The molecule has 0 saturated heterocycles. The van der Waals surface area contributed by atoms with Crippen molar-refractivity contribution in [1.29, 1.82) is 5.26 Å². The highest BCUT2D eigenvalue weighted by Crippen LogP contribution is 2.35. The van der Waals surface area contributed by atoms with Crippen LogP contribution in [0.25, 0.3) is 22.0 Å². The van der Waals surface area contributed by atoms with Crippen LogP contribution in [0, 0.1) is 11.3 Å². The van der Waals surface area contributed by atoms with Gasteiger partial charge in [0, 0.05) is 23.7 Å². The molecule has 4 aromatic rings. The summed E-state index contributed by atoms with van der Waals surface area (Å²) in [5.74, 6) is 1.40. The number of hydrogen-bond acceptors (Lipinski definition) is 7. The Morgan fingerprint density at radius 2 is 1.80 bits per heavy atom. The lowest BCUT2D eigenvalue weighted by Crippen LogP contribution is -2.12. The number of anilines is 1. The molecule has 1 aromatic heterocycles. The zero-order chi connectivity index (χ0) is 25.0. The predicted molar refractivity (Wildman–Crippen MR) is 135 cm³/mol. The van der Waals surface area contributed by atoms with Crippen LogP contribution in [-0.2, 0) is 10.0 Å². The normalized spacial score (nSPS) is 11.1. The summed E-state index contributed by atoms with van der Waals surface area (Å²) < 4.78 is 36.6. The largest absolute Gasteiger partial charge is 0.491 e. The van der Waals surface area contributed by atoms with Crippen molar-refractivity contribution in [2.45, 2.75) is 13.3 Å². The first kappa shape index (κ1) is 24.3. The van der Waals surface area contributed by atoms with Crippen molar-refractivity contribution in [2.75, 3.05) is 17.6 Å². The third-order valence-electron chi connectivity index (χ3n) is 4.87. The van der Waals surface area contributed by atoms with E-state index in [1.54, 1.807) is 24.4 Å². The zero-order valence-corrected chi connectivity index (χ0v) is 20.5. The van der Waals surface area contributed by atoms with Crippen LogP contribution in [-0.4, -0.2) is 31.2 Å². The predicted octanol–water partition coefficient (Wildman–Crippen LogP) is 5.77. The molecule has 1 heterocycles. The van der Waals surface area contributed by atoms with Crippen molar-refractivity contribution in [1.82, 2.24) is 9.97 Å². The van der Waals surface area contributed by atoms with Gasteiger partial charge in [-0.15, -0.1) is 0 Å². The van der Waals surface area contributed by atoms with Gasteiger partial charge in [0.15, 0.2) is 5.75 Å². The van der Waals surface area contributed by atoms with Gasteiger partial charge in [0.2, 0.25) is 16.0 Å². The average molecular weight is 509 g/mol. The fourth-order valence-corrected chi connectivity index (χ4v) is 4.03. The molecule has 0 bridgehead atoms. The van der Waals surface area contributed by atoms with Crippen LogP contribution in [0.5, 0.6) is 17.2 Å². The van der Waals surface area contributed by atoms with Crippen LogP contribution in [0.15, 0.2) is 60.8 Å². The molecule has 0 spiro atoms. The Kier molecular flexibility index (Phi) is 7.05. The van der Waals surface area contributed by atoms with Gasteiger partial charge >= 0.3 is 0 Å². The van der Waals surface area contributed by atoms with Crippen LogP contribution in [0.1, 0.15) is 18.9 Å². The highest BCUT2D eigenvalue weighted by molar-refractivity contribution is 7.91. The van der Waals surface area contributed by atoms with Crippen LogP contribution in [0.2, 0.25) is 5.02 Å². The summed E-state index contributed by atoms with van der Waals surface area (Å²) in [6.07, 6.45) is 3.42. The molecule has 35 heavy (non-hydrogen) atoms. The molecular weight excluding hydrogens is 488 g/mol. The van der Waals surface area contributed by atoms with Crippen molar-refractivity contribution >= 4 is 38.5 Å². The van der Waals surface area contributed by atoms with Crippen LogP contribution in [0.4, 0.5) is 5.95 Å². The van der Waals surface area contributed by atoms with Crippen molar-refractivity contribution < 1.29 is 17.9 Å². The van der Waals surface area contributed by atoms with Gasteiger partial charge < -0.3 is 9.47 Å². The van der Waals surface area contributed by atoms with Gasteiger partial charge in [0.1, 0.15) is 17.6 Å². The maximum Gasteiger partial charge on any atom is 0.237 e. The topological polar surface area (TPSA) is 114 Å². The molecule has 0 aliphatic rings. The molecule has 0 aliphatic heterocycles. The van der Waals surface area contributed by atoms with Gasteiger partial charge in [-0.3, -0.25) is 4.72 Å². The number of sulfonamides is 1. The Hall–Kier alpha value is -3.87. The minimum absolute atomic E-state index is 0.0267. The molecule has 0 atom stereocenters. The van der Waals surface area contributed by atoms with Gasteiger partial charge in [-0.2, -0.15) is 5.26 Å². The lowest BCUT2D eigenvalue weighted by Gasteiger charge is -2.12. The summed E-state index contributed by atoms with van der Waals surface area (Å²) in [5, 5.41) is 10.5. The quantitative estimate of drug-likeness (QED) is 0.321. The smallest absolute Gasteiger partial charge is 0.237 e. The molecule has 8 nitrogen and oxygen atoms in total. The Morgan fingerprint density at radius 1 is 1.06 bits per heavy atom. The fraction of sp³-hybridized carbons (Fsp3) is 0.160. The van der Waals surface area contributed by atoms with Crippen LogP contribution >= 0.6 is 11.6 Å². The van der Waals surface area contributed by atoms with Crippen molar-refractivity contribution in [3.05, 3.63) is 71.4 Å². The number of nitrogens with one attached hydrogen (secondary N) is 1. The third-order valence-corrected chi connectivity index (χ3v) is 5.70. The van der Waals surface area contributed by atoms with E-state index in [-0.39, 0.29) is 5.95 Å². The van der Waals surface area contributed by atoms with E-state index in [0.29, 0.717) is 40.0 Å². The van der Waals surface area contributed by atoms with Gasteiger partial charge in [0.25, 0.3) is 0 Å². The maximum absolute atomic E-state index is 11.4. The van der Waals surface area contributed by atoms with E-state index in [1.165, 1.54) is 0 Å². The molecule has 0 amide bonds. The number of aromatic nitrogens is 2. The summed E-state index contributed by atoms with van der Waals surface area (Å²) in [6, 6.07) is 18.4. The zero-order valence-electron chi connectivity index (χ0n) is 18.9. The number of rotatable bonds is 8. The van der Waals surface area contributed by atoms with E-state index in [2.05, 4.69) is 20.8 Å². The number of benzene rings is 3. The molecule has 0 saturated carbocycles. The van der Waals surface area contributed by atoms with Gasteiger partial charge in [-0.25, -0.2) is 18.4 Å². The van der Waals surface area contributed by atoms with E-state index in [0.717, 1.165) is 29.2 Å². The lowest BCUT2D eigenvalue weighted by molar-refractivity contribution is 0.316. The Morgan fingerprint density at radius 3 is 2.49 bits per heavy atom. The van der Waals surface area contributed by atoms with Crippen molar-refractivity contribution in [3.63, 3.8) is 0 Å². The molecule has 3 aromatic carbocycles. The average Bonchev–Trinajstić information content (AvgIpc) is 2.82. The summed E-state index contributed by atoms with van der Waals surface area (Å²) in [7, 11) is -3.45. The Bertz CT molecular complexity index is 1530. The Labute approximate surface area is 208 Å². The molecule has 0 radical (unpaired) electrons. The third kappa shape index (κ3) is 5.98. The molecular formula is C25H21ClN4O4S. The second-order valence-electron chi connectivity index (χ2n) is 7.71. The van der Waals surface area contributed by atoms with Gasteiger partial charge in [0.05, 0.1) is 29.0 Å². The fourth-order valence-electron chi connectivity index (χ4n) is 3.34. The minimum Gasteiger partial charge on any atom is -0.491 e. The molecule has 0 fully saturated rings. The van der Waals surface area contributed by atoms with E-state index >= 15 is 0 Å². The molecule has 1 N–H and O–H groups in total. The minimum atomic E-state index is -3.45. The van der Waals surface area contributed by atoms with Gasteiger partial charge in [-0.05, 0) is 41.8 Å². The molecule has 178 valence electrons. The first-order valence-corrected chi connectivity index (χ1v) is 12.9. The molecule has 10 heteroatoms. The highest BCUT2D eigenvalue weighted by Gasteiger charge is 2.13. The number of fused-ring (bicyclic) bond motifs is 1. The summed E-state index contributed by atoms with van der Waals surface area (Å²) in [5.41, 5.74) is 2.80. The molecule has 0 aliphatic carbocycles. The van der Waals surface area contributed by atoms with E-state index in [1.807, 2.05) is 43.3 Å². The Balaban J connectivity index is 1.53. The first-order chi connectivity index (χ1) is 16.8. The SMILES string of the molecule is CCCOc1c(Cl)cc(Oc2ccc(-c3ccc4nc(NS(C)(=O)=O)ncc4c3)cc2)cc1C#N. The first-order valence-electron chi connectivity index (χ1n) is 10.6. The monoisotopic (exact) mass is 508 g/mol. The summed E-state index contributed by atoms with van der Waals surface area (Å²) >= 11 is 6.31. The van der Waals surface area contributed by atoms with E-state index in [9.17, 15) is 13.7 Å². The van der Waals surface area contributed by atoms with Crippen molar-refractivity contribution in [3.8, 4) is 34.4 Å². The summed E-state index contributed by atoms with van der Waals surface area (Å²) in [6.45, 7) is 2.44. The maximum atomic E-state index is 11.4. The number of hydrogen-bond donors (Lipinski definition) is 1.